The highest BCUT2D eigenvalue weighted by molar-refractivity contribution is 7.92. The Bertz CT molecular complexity index is 1500. The fourth-order valence-electron chi connectivity index (χ4n) is 2.99. The van der Waals surface area contributed by atoms with Crippen LogP contribution in [0.25, 0.3) is 0 Å². The summed E-state index contributed by atoms with van der Waals surface area (Å²) in [5, 5.41) is 5.61. The Balaban J connectivity index is 1.86. The maximum atomic E-state index is 11.7. The second-order valence-corrected chi connectivity index (χ2v) is 11.7. The molecule has 2 aromatic carbocycles. The molecule has 0 spiro atoms. The van der Waals surface area contributed by atoms with Crippen LogP contribution < -0.4 is 21.1 Å². The molecule has 0 fully saturated rings. The molecule has 1 aliphatic heterocycles. The van der Waals surface area contributed by atoms with Crippen LogP contribution in [-0.4, -0.2) is 58.6 Å². The van der Waals surface area contributed by atoms with Crippen LogP contribution in [0.5, 0.6) is 0 Å². The van der Waals surface area contributed by atoms with Gasteiger partial charge in [-0.15, -0.1) is 0 Å². The van der Waals surface area contributed by atoms with Crippen LogP contribution >= 0.6 is 0 Å². The number of guanidine groups is 1. The molecule has 0 saturated heterocycles. The second-order valence-electron chi connectivity index (χ2n) is 7.10. The Kier molecular flexibility index (Phi) is 6.85. The maximum absolute atomic E-state index is 11.7. The van der Waals surface area contributed by atoms with Crippen LogP contribution in [0.3, 0.4) is 0 Å². The van der Waals surface area contributed by atoms with E-state index >= 15 is 0 Å². The molecule has 0 radical (unpaired) electrons. The van der Waals surface area contributed by atoms with Crippen molar-refractivity contribution in [2.75, 3.05) is 21.6 Å². The van der Waals surface area contributed by atoms with Gasteiger partial charge >= 0.3 is 0 Å². The molecule has 2 aromatic rings. The first-order valence-corrected chi connectivity index (χ1v) is 14.0. The van der Waals surface area contributed by atoms with Crippen molar-refractivity contribution in [1.29, 1.82) is 0 Å². The van der Waals surface area contributed by atoms with Crippen molar-refractivity contribution in [1.82, 2.24) is 0 Å². The van der Waals surface area contributed by atoms with Crippen LogP contribution in [0.1, 0.15) is 6.42 Å². The van der Waals surface area contributed by atoms with E-state index in [1.165, 1.54) is 12.1 Å². The third-order valence-electron chi connectivity index (χ3n) is 4.23. The first-order valence-electron chi connectivity index (χ1n) is 9.21. The Morgan fingerprint density at radius 3 is 2.26 bits per heavy atom. The summed E-state index contributed by atoms with van der Waals surface area (Å²) >= 11 is 0. The monoisotopic (exact) mass is 532 g/mol. The van der Waals surface area contributed by atoms with E-state index in [9.17, 15) is 34.4 Å². The van der Waals surface area contributed by atoms with E-state index in [1.807, 2.05) is 0 Å². The van der Waals surface area contributed by atoms with Crippen molar-refractivity contribution in [3.8, 4) is 0 Å². The zero-order valence-electron chi connectivity index (χ0n) is 17.4. The van der Waals surface area contributed by atoms with Crippen molar-refractivity contribution in [3.63, 3.8) is 0 Å². The lowest BCUT2D eigenvalue weighted by molar-refractivity contribution is 0.479. The number of anilines is 3. The van der Waals surface area contributed by atoms with Crippen molar-refractivity contribution < 1.29 is 34.4 Å². The summed E-state index contributed by atoms with van der Waals surface area (Å²) in [4.78, 5) is 6.80. The molecule has 0 aliphatic carbocycles. The zero-order chi connectivity index (χ0) is 25.3. The Morgan fingerprint density at radius 1 is 0.971 bits per heavy atom. The molecular formula is C17H20N6O8S3. The number of aliphatic imine (C=N–C) groups is 2. The number of hydrogen-bond acceptors (Lipinski definition) is 11. The van der Waals surface area contributed by atoms with Crippen LogP contribution in [0.4, 0.5) is 17.1 Å². The molecule has 7 N–H and O–H groups in total. The molecule has 3 rings (SSSR count). The van der Waals surface area contributed by atoms with Gasteiger partial charge in [0, 0.05) is 12.1 Å². The van der Waals surface area contributed by atoms with E-state index in [0.717, 1.165) is 24.5 Å². The highest BCUT2D eigenvalue weighted by Crippen LogP contribution is 2.26. The number of nitrogens with two attached hydrogens (primary N) is 1. The van der Waals surface area contributed by atoms with E-state index in [0.29, 0.717) is 11.4 Å². The normalized spacial score (nSPS) is 16.9. The smallest absolute Gasteiger partial charge is 0.296 e. The lowest BCUT2D eigenvalue weighted by Gasteiger charge is -2.22. The third-order valence-corrected chi connectivity index (χ3v) is 6.60. The standard InChI is InChI=1S/C17H20N6O8S3/c1-32(24,25)23-11-4-2-3-10(7-11)19-15-9-16(22-17(18)21-15)20-13-8-12(33(26,27)28)5-6-14(13)34(29,30)31/h2-8,15,19,23H,9H2,1H3,(H,26,27,28)(H,29,30,31)(H3,18,20,21,22). The van der Waals surface area contributed by atoms with Crippen LogP contribution in [0.15, 0.2) is 62.2 Å². The average molecular weight is 533 g/mol. The number of hydrogen-bond donors (Lipinski definition) is 6. The quantitative estimate of drug-likeness (QED) is 0.269. The first-order chi connectivity index (χ1) is 15.6. The Hall–Kier alpha value is -3.25. The second kappa shape index (κ2) is 9.18. The van der Waals surface area contributed by atoms with E-state index in [1.54, 1.807) is 12.1 Å². The third kappa shape index (κ3) is 6.87. The molecule has 0 amide bonds. The van der Waals surface area contributed by atoms with Crippen molar-refractivity contribution in [3.05, 3.63) is 42.5 Å². The van der Waals surface area contributed by atoms with Gasteiger partial charge in [0.05, 0.1) is 22.5 Å². The molecule has 1 unspecified atom stereocenters. The average Bonchev–Trinajstić information content (AvgIpc) is 2.64. The molecule has 1 heterocycles. The van der Waals surface area contributed by atoms with Gasteiger partial charge in [-0.3, -0.25) is 13.8 Å². The number of sulfonamides is 1. The topological polar surface area (TPSA) is 230 Å². The first kappa shape index (κ1) is 25.4. The largest absolute Gasteiger partial charge is 0.368 e. The highest BCUT2D eigenvalue weighted by atomic mass is 32.2. The molecule has 0 bridgehead atoms. The van der Waals surface area contributed by atoms with Gasteiger partial charge in [0.2, 0.25) is 16.0 Å². The van der Waals surface area contributed by atoms with Crippen molar-refractivity contribution in [2.45, 2.75) is 22.4 Å². The maximum Gasteiger partial charge on any atom is 0.296 e. The van der Waals surface area contributed by atoms with Crippen LogP contribution in [-0.2, 0) is 30.3 Å². The number of nitrogens with one attached hydrogen (secondary N) is 3. The number of nitrogens with zero attached hydrogens (tertiary/aromatic N) is 2. The number of benzene rings is 2. The zero-order valence-corrected chi connectivity index (χ0v) is 19.8. The molecule has 0 saturated carbocycles. The summed E-state index contributed by atoms with van der Waals surface area (Å²) in [6.45, 7) is 0. The highest BCUT2D eigenvalue weighted by Gasteiger charge is 2.23. The van der Waals surface area contributed by atoms with Gasteiger partial charge in [-0.1, -0.05) is 6.07 Å². The summed E-state index contributed by atoms with van der Waals surface area (Å²) < 4.78 is 90.3. The summed E-state index contributed by atoms with van der Waals surface area (Å²) in [7, 11) is -12.9. The van der Waals surface area contributed by atoms with E-state index in [2.05, 4.69) is 25.3 Å². The molecule has 184 valence electrons. The molecule has 1 atom stereocenters. The Morgan fingerprint density at radius 2 is 1.65 bits per heavy atom. The molecular weight excluding hydrogens is 512 g/mol. The summed E-state index contributed by atoms with van der Waals surface area (Å²) in [6.07, 6.45) is 0.282. The van der Waals surface area contributed by atoms with E-state index in [4.69, 9.17) is 5.73 Å². The number of amidine groups is 1. The summed E-state index contributed by atoms with van der Waals surface area (Å²) in [5.74, 6) is -0.135. The lowest BCUT2D eigenvalue weighted by atomic mass is 10.2. The minimum absolute atomic E-state index is 0.00541. The minimum Gasteiger partial charge on any atom is -0.368 e. The van der Waals surface area contributed by atoms with E-state index < -0.39 is 46.2 Å². The van der Waals surface area contributed by atoms with Crippen LogP contribution in [0.2, 0.25) is 0 Å². The van der Waals surface area contributed by atoms with Crippen molar-refractivity contribution >= 4 is 59.1 Å². The van der Waals surface area contributed by atoms with Gasteiger partial charge in [0.25, 0.3) is 20.2 Å². The predicted octanol–water partition coefficient (Wildman–Crippen LogP) is 0.519. The predicted molar refractivity (Wildman–Crippen MR) is 126 cm³/mol. The fraction of sp³-hybridized carbons (Fsp3) is 0.176. The van der Waals surface area contributed by atoms with Crippen LogP contribution in [0, 0.1) is 0 Å². The fourth-order valence-corrected chi connectivity index (χ4v) is 4.68. The minimum atomic E-state index is -4.77. The van der Waals surface area contributed by atoms with Gasteiger partial charge in [-0.25, -0.2) is 18.4 Å². The molecule has 14 nitrogen and oxygen atoms in total. The SMILES string of the molecule is CS(=O)(=O)Nc1cccc(NC2CC(Nc3cc(S(=O)(=O)O)ccc3S(=O)(=O)O)=NC(N)=N2)c1. The summed E-state index contributed by atoms with van der Waals surface area (Å²) in [5.41, 5.74) is 6.15. The Labute approximate surface area is 195 Å². The van der Waals surface area contributed by atoms with Gasteiger partial charge in [0.15, 0.2) is 0 Å². The molecule has 17 heteroatoms. The summed E-state index contributed by atoms with van der Waals surface area (Å²) in [6, 6.07) is 8.71. The van der Waals surface area contributed by atoms with Gasteiger partial charge in [0.1, 0.15) is 16.9 Å². The van der Waals surface area contributed by atoms with Gasteiger partial charge in [-0.05, 0) is 36.4 Å². The van der Waals surface area contributed by atoms with Crippen molar-refractivity contribution in [2.24, 2.45) is 15.7 Å². The molecule has 0 aromatic heterocycles. The molecule has 1 aliphatic rings. The van der Waals surface area contributed by atoms with E-state index in [-0.39, 0.29) is 23.9 Å². The van der Waals surface area contributed by atoms with Gasteiger partial charge in [-0.2, -0.15) is 16.8 Å². The number of rotatable bonds is 7. The molecule has 34 heavy (non-hydrogen) atoms. The lowest BCUT2D eigenvalue weighted by Crippen LogP contribution is -2.33. The van der Waals surface area contributed by atoms with Gasteiger partial charge < -0.3 is 16.4 Å².